The van der Waals surface area contributed by atoms with E-state index in [4.69, 9.17) is 14.3 Å². The van der Waals surface area contributed by atoms with E-state index in [9.17, 15) is 0 Å². The topological polar surface area (TPSA) is 55.7 Å². The molecular formula is C15H29N3O3. The first-order valence-electron chi connectivity index (χ1n) is 7.21. The van der Waals surface area contributed by atoms with Crippen LogP contribution in [0.4, 0.5) is 0 Å². The molecule has 122 valence electrons. The SMILES string of the molecule is CC(C)(C)OC1=NC=NC(OC(C)(C)C)N1OC(C)(C)C. The predicted octanol–water partition coefficient (Wildman–Crippen LogP) is 3.33. The molecule has 1 atom stereocenters. The molecule has 0 fully saturated rings. The fraction of sp³-hybridized carbons (Fsp3) is 0.867. The lowest BCUT2D eigenvalue weighted by atomic mass is 10.2. The summed E-state index contributed by atoms with van der Waals surface area (Å²) in [5.41, 5.74) is -1.18. The second-order valence-electron chi connectivity index (χ2n) is 7.98. The van der Waals surface area contributed by atoms with Gasteiger partial charge in [0.1, 0.15) is 11.9 Å². The average molecular weight is 299 g/mol. The van der Waals surface area contributed by atoms with Gasteiger partial charge < -0.3 is 9.47 Å². The van der Waals surface area contributed by atoms with Crippen LogP contribution < -0.4 is 0 Å². The van der Waals surface area contributed by atoms with Crippen LogP contribution in [0.2, 0.25) is 0 Å². The zero-order chi connectivity index (χ0) is 16.5. The number of hydroxylamine groups is 2. The first kappa shape index (κ1) is 17.9. The third-order valence-electron chi connectivity index (χ3n) is 1.98. The summed E-state index contributed by atoms with van der Waals surface area (Å²) in [6, 6.07) is 0.349. The molecule has 0 aromatic heterocycles. The van der Waals surface area contributed by atoms with Gasteiger partial charge in [0.2, 0.25) is 0 Å². The summed E-state index contributed by atoms with van der Waals surface area (Å²) in [6.45, 7) is 17.6. The van der Waals surface area contributed by atoms with Crippen molar-refractivity contribution in [2.75, 3.05) is 0 Å². The number of hydrogen-bond donors (Lipinski definition) is 0. The van der Waals surface area contributed by atoms with Gasteiger partial charge in [-0.15, -0.1) is 0 Å². The smallest absolute Gasteiger partial charge is 0.323 e. The molecule has 0 aromatic rings. The van der Waals surface area contributed by atoms with Crippen LogP contribution in [0.1, 0.15) is 62.3 Å². The monoisotopic (exact) mass is 299 g/mol. The minimum Gasteiger partial charge on any atom is -0.458 e. The average Bonchev–Trinajstić information content (AvgIpc) is 2.16. The van der Waals surface area contributed by atoms with E-state index in [1.54, 1.807) is 0 Å². The lowest BCUT2D eigenvalue weighted by Crippen LogP contribution is -2.51. The molecule has 0 spiro atoms. The zero-order valence-electron chi connectivity index (χ0n) is 14.7. The summed E-state index contributed by atoms with van der Waals surface area (Å²) in [6.07, 6.45) is 0.819. The van der Waals surface area contributed by atoms with E-state index < -0.39 is 17.6 Å². The second-order valence-corrected chi connectivity index (χ2v) is 7.98. The molecule has 1 unspecified atom stereocenters. The van der Waals surface area contributed by atoms with Gasteiger partial charge in [0.25, 0.3) is 6.35 Å². The highest BCUT2D eigenvalue weighted by molar-refractivity contribution is 5.83. The van der Waals surface area contributed by atoms with E-state index in [1.807, 2.05) is 62.3 Å². The number of aliphatic imine (C=N–C) groups is 2. The Balaban J connectivity index is 3.00. The van der Waals surface area contributed by atoms with Crippen molar-refractivity contribution in [2.45, 2.75) is 85.5 Å². The Labute approximate surface area is 128 Å². The molecular weight excluding hydrogens is 270 g/mol. The molecule has 0 radical (unpaired) electrons. The van der Waals surface area contributed by atoms with E-state index in [0.29, 0.717) is 6.02 Å². The lowest BCUT2D eigenvalue weighted by Gasteiger charge is -2.39. The summed E-state index contributed by atoms with van der Waals surface area (Å²) in [4.78, 5) is 14.4. The molecule has 0 bridgehead atoms. The summed E-state index contributed by atoms with van der Waals surface area (Å²) >= 11 is 0. The van der Waals surface area contributed by atoms with Crippen LogP contribution in [-0.4, -0.2) is 40.6 Å². The van der Waals surface area contributed by atoms with Crippen LogP contribution in [0.25, 0.3) is 0 Å². The van der Waals surface area contributed by atoms with Gasteiger partial charge in [0.15, 0.2) is 0 Å². The van der Waals surface area contributed by atoms with Gasteiger partial charge in [-0.2, -0.15) is 10.1 Å². The molecule has 6 heteroatoms. The van der Waals surface area contributed by atoms with Crippen LogP contribution in [-0.2, 0) is 14.3 Å². The minimum atomic E-state index is -0.626. The van der Waals surface area contributed by atoms with Crippen molar-refractivity contribution in [3.8, 4) is 0 Å². The van der Waals surface area contributed by atoms with Crippen molar-refractivity contribution in [3.05, 3.63) is 0 Å². The van der Waals surface area contributed by atoms with Gasteiger partial charge in [0, 0.05) is 0 Å². The fourth-order valence-corrected chi connectivity index (χ4v) is 1.47. The van der Waals surface area contributed by atoms with Crippen LogP contribution in [0, 0.1) is 0 Å². The standard InChI is InChI=1S/C15H29N3O3/c1-13(2,3)19-11-16-10-17-12(20-14(4,5)6)18(11)21-15(7,8)9/h10-11H,1-9H3. The molecule has 0 N–H and O–H groups in total. The molecule has 1 heterocycles. The minimum absolute atomic E-state index is 0.349. The Bertz CT molecular complexity index is 411. The lowest BCUT2D eigenvalue weighted by molar-refractivity contribution is -0.282. The highest BCUT2D eigenvalue weighted by Crippen LogP contribution is 2.23. The molecule has 0 saturated carbocycles. The number of nitrogens with zero attached hydrogens (tertiary/aromatic N) is 3. The molecule has 0 aromatic carbocycles. The molecule has 1 aliphatic rings. The van der Waals surface area contributed by atoms with Crippen LogP contribution in [0.3, 0.4) is 0 Å². The van der Waals surface area contributed by atoms with Gasteiger partial charge in [0.05, 0.1) is 11.2 Å². The van der Waals surface area contributed by atoms with Gasteiger partial charge in [-0.05, 0) is 62.3 Å². The third-order valence-corrected chi connectivity index (χ3v) is 1.98. The summed E-state index contributed by atoms with van der Waals surface area (Å²) in [5.74, 6) is 0. The molecule has 6 nitrogen and oxygen atoms in total. The van der Waals surface area contributed by atoms with Crippen molar-refractivity contribution in [1.29, 1.82) is 0 Å². The Morgan fingerprint density at radius 3 is 1.90 bits per heavy atom. The summed E-state index contributed by atoms with van der Waals surface area (Å²) in [5, 5.41) is 1.50. The van der Waals surface area contributed by atoms with Crippen molar-refractivity contribution in [3.63, 3.8) is 0 Å². The molecule has 21 heavy (non-hydrogen) atoms. The maximum absolute atomic E-state index is 5.93. The van der Waals surface area contributed by atoms with E-state index in [1.165, 1.54) is 11.4 Å². The number of amidine groups is 1. The van der Waals surface area contributed by atoms with E-state index in [-0.39, 0.29) is 5.60 Å². The Morgan fingerprint density at radius 1 is 0.905 bits per heavy atom. The molecule has 0 saturated heterocycles. The van der Waals surface area contributed by atoms with Crippen molar-refractivity contribution < 1.29 is 14.3 Å². The number of hydrogen-bond acceptors (Lipinski definition) is 6. The predicted molar refractivity (Wildman–Crippen MR) is 84.1 cm³/mol. The Kier molecular flexibility index (Phi) is 5.05. The quantitative estimate of drug-likeness (QED) is 0.785. The molecule has 1 aliphatic heterocycles. The van der Waals surface area contributed by atoms with Gasteiger partial charge >= 0.3 is 6.02 Å². The van der Waals surface area contributed by atoms with Crippen molar-refractivity contribution >= 4 is 12.4 Å². The highest BCUT2D eigenvalue weighted by Gasteiger charge is 2.35. The first-order valence-corrected chi connectivity index (χ1v) is 7.21. The molecule has 0 amide bonds. The Morgan fingerprint density at radius 2 is 1.48 bits per heavy atom. The first-order chi connectivity index (χ1) is 9.27. The molecule has 0 aliphatic carbocycles. The Hall–Kier alpha value is -1.14. The van der Waals surface area contributed by atoms with Crippen molar-refractivity contribution in [1.82, 2.24) is 5.06 Å². The van der Waals surface area contributed by atoms with Crippen LogP contribution >= 0.6 is 0 Å². The normalized spacial score (nSPS) is 20.5. The zero-order valence-corrected chi connectivity index (χ0v) is 14.7. The summed E-state index contributed by atoms with van der Waals surface area (Å²) in [7, 11) is 0. The van der Waals surface area contributed by atoms with Gasteiger partial charge in [-0.3, -0.25) is 4.84 Å². The number of rotatable bonds is 2. The van der Waals surface area contributed by atoms with E-state index in [2.05, 4.69) is 9.98 Å². The fourth-order valence-electron chi connectivity index (χ4n) is 1.47. The second kappa shape index (κ2) is 5.93. The maximum Gasteiger partial charge on any atom is 0.323 e. The van der Waals surface area contributed by atoms with E-state index in [0.717, 1.165) is 0 Å². The largest absolute Gasteiger partial charge is 0.458 e. The van der Waals surface area contributed by atoms with Gasteiger partial charge in [-0.25, -0.2) is 4.99 Å². The highest BCUT2D eigenvalue weighted by atomic mass is 16.8. The molecule has 1 rings (SSSR count). The van der Waals surface area contributed by atoms with Gasteiger partial charge in [-0.1, -0.05) is 0 Å². The van der Waals surface area contributed by atoms with E-state index >= 15 is 0 Å². The van der Waals surface area contributed by atoms with Crippen LogP contribution in [0.15, 0.2) is 9.98 Å². The maximum atomic E-state index is 5.93. The third kappa shape index (κ3) is 6.91. The number of ether oxygens (including phenoxy) is 2. The summed E-state index contributed by atoms with van der Waals surface area (Å²) < 4.78 is 11.8. The van der Waals surface area contributed by atoms with Crippen molar-refractivity contribution in [2.24, 2.45) is 9.98 Å². The van der Waals surface area contributed by atoms with Crippen LogP contribution in [0.5, 0.6) is 0 Å².